The van der Waals surface area contributed by atoms with Crippen LogP contribution in [0.1, 0.15) is 29.5 Å². The molecule has 0 aliphatic rings. The molecule has 2 rings (SSSR count). The molecule has 0 bridgehead atoms. The zero-order valence-electron chi connectivity index (χ0n) is 10.3. The Balaban J connectivity index is 2.01. The Morgan fingerprint density at radius 3 is 2.89 bits per heavy atom. The van der Waals surface area contributed by atoms with Gasteiger partial charge >= 0.3 is 0 Å². The molecule has 1 amide bonds. The van der Waals surface area contributed by atoms with Gasteiger partial charge in [-0.2, -0.15) is 0 Å². The average Bonchev–Trinajstić information content (AvgIpc) is 3.00. The van der Waals surface area contributed by atoms with Crippen molar-refractivity contribution in [3.63, 3.8) is 0 Å². The van der Waals surface area contributed by atoms with Gasteiger partial charge in [-0.15, -0.1) is 11.3 Å². The summed E-state index contributed by atoms with van der Waals surface area (Å²) >= 11 is 7.48. The van der Waals surface area contributed by atoms with E-state index in [0.717, 1.165) is 15.0 Å². The van der Waals surface area contributed by atoms with Crippen molar-refractivity contribution in [2.24, 2.45) is 5.73 Å². The van der Waals surface area contributed by atoms with Crippen molar-refractivity contribution in [1.29, 1.82) is 0 Å². The molecule has 2 aromatic rings. The second-order valence-corrected chi connectivity index (χ2v) is 5.86. The highest BCUT2D eigenvalue weighted by molar-refractivity contribution is 7.16. The first-order chi connectivity index (χ1) is 9.16. The zero-order valence-corrected chi connectivity index (χ0v) is 11.8. The second kappa shape index (κ2) is 6.75. The van der Waals surface area contributed by atoms with E-state index in [2.05, 4.69) is 5.32 Å². The van der Waals surface area contributed by atoms with E-state index in [1.807, 2.05) is 24.3 Å². The van der Waals surface area contributed by atoms with Crippen LogP contribution in [0.5, 0.6) is 0 Å². The van der Waals surface area contributed by atoms with Gasteiger partial charge in [0.2, 0.25) is 5.91 Å². The van der Waals surface area contributed by atoms with Gasteiger partial charge in [0, 0.05) is 11.3 Å². The predicted octanol–water partition coefficient (Wildman–Crippen LogP) is 2.94. The first-order valence-corrected chi connectivity index (χ1v) is 7.16. The third-order valence-electron chi connectivity index (χ3n) is 2.65. The minimum atomic E-state index is -0.282. The maximum absolute atomic E-state index is 10.7. The fourth-order valence-electron chi connectivity index (χ4n) is 1.79. The Morgan fingerprint density at radius 2 is 2.32 bits per heavy atom. The van der Waals surface area contributed by atoms with Crippen molar-refractivity contribution in [1.82, 2.24) is 5.32 Å². The van der Waals surface area contributed by atoms with E-state index in [4.69, 9.17) is 21.8 Å². The van der Waals surface area contributed by atoms with Gasteiger partial charge < -0.3 is 15.5 Å². The zero-order chi connectivity index (χ0) is 13.7. The highest BCUT2D eigenvalue weighted by Gasteiger charge is 2.18. The minimum absolute atomic E-state index is 0.0413. The van der Waals surface area contributed by atoms with E-state index in [1.54, 1.807) is 6.26 Å². The van der Waals surface area contributed by atoms with Gasteiger partial charge in [0.15, 0.2) is 0 Å². The number of carbonyl (C=O) groups excluding carboxylic acids is 1. The number of amides is 1. The largest absolute Gasteiger partial charge is 0.467 e. The molecule has 19 heavy (non-hydrogen) atoms. The van der Waals surface area contributed by atoms with E-state index in [0.29, 0.717) is 19.4 Å². The van der Waals surface area contributed by atoms with Crippen molar-refractivity contribution >= 4 is 28.8 Å². The normalized spacial score (nSPS) is 12.5. The van der Waals surface area contributed by atoms with Crippen LogP contribution < -0.4 is 11.1 Å². The molecule has 0 radical (unpaired) electrons. The van der Waals surface area contributed by atoms with Crippen LogP contribution in [0.25, 0.3) is 0 Å². The van der Waals surface area contributed by atoms with Gasteiger partial charge in [0.05, 0.1) is 10.6 Å². The number of primary amides is 1. The lowest BCUT2D eigenvalue weighted by molar-refractivity contribution is -0.118. The van der Waals surface area contributed by atoms with Gasteiger partial charge in [0.25, 0.3) is 0 Å². The summed E-state index contributed by atoms with van der Waals surface area (Å²) in [6, 6.07) is 7.56. The highest BCUT2D eigenvalue weighted by atomic mass is 35.5. The Bertz CT molecular complexity index is 524. The molecule has 0 spiro atoms. The molecule has 4 nitrogen and oxygen atoms in total. The van der Waals surface area contributed by atoms with Crippen molar-refractivity contribution in [3.8, 4) is 0 Å². The molecule has 0 saturated heterocycles. The van der Waals surface area contributed by atoms with Crippen LogP contribution in [0.15, 0.2) is 34.9 Å². The van der Waals surface area contributed by atoms with E-state index in [-0.39, 0.29) is 11.9 Å². The summed E-state index contributed by atoms with van der Waals surface area (Å²) in [6.45, 7) is 0.684. The first kappa shape index (κ1) is 14.1. The molecule has 1 unspecified atom stereocenters. The maximum atomic E-state index is 10.7. The van der Waals surface area contributed by atoms with Crippen LogP contribution in [-0.2, 0) is 4.79 Å². The molecular formula is C13H15ClN2O2S. The van der Waals surface area contributed by atoms with Crippen LogP contribution in [0.3, 0.4) is 0 Å². The van der Waals surface area contributed by atoms with Crippen LogP contribution in [0.4, 0.5) is 0 Å². The molecule has 0 fully saturated rings. The summed E-state index contributed by atoms with van der Waals surface area (Å²) in [5, 5.41) is 3.36. The summed E-state index contributed by atoms with van der Waals surface area (Å²) in [4.78, 5) is 11.8. The number of nitrogens with one attached hydrogen (secondary N) is 1. The highest BCUT2D eigenvalue weighted by Crippen LogP contribution is 2.31. The SMILES string of the molecule is NC(=O)CCCNC(c1ccco1)c1ccc(Cl)s1. The lowest BCUT2D eigenvalue weighted by Gasteiger charge is -2.14. The number of rotatable bonds is 7. The first-order valence-electron chi connectivity index (χ1n) is 5.97. The molecule has 0 aliphatic heterocycles. The third-order valence-corrected chi connectivity index (χ3v) is 3.95. The van der Waals surface area contributed by atoms with Gasteiger partial charge in [-0.1, -0.05) is 11.6 Å². The van der Waals surface area contributed by atoms with Crippen molar-refractivity contribution in [2.45, 2.75) is 18.9 Å². The van der Waals surface area contributed by atoms with Crippen LogP contribution in [-0.4, -0.2) is 12.5 Å². The number of hydrogen-bond acceptors (Lipinski definition) is 4. The monoisotopic (exact) mass is 298 g/mol. The summed E-state index contributed by atoms with van der Waals surface area (Å²) in [5.41, 5.74) is 5.12. The van der Waals surface area contributed by atoms with Gasteiger partial charge in [-0.3, -0.25) is 4.79 Å². The Labute approximate surface area is 120 Å². The topological polar surface area (TPSA) is 68.3 Å². The van der Waals surface area contributed by atoms with Crippen molar-refractivity contribution in [2.75, 3.05) is 6.54 Å². The van der Waals surface area contributed by atoms with Gasteiger partial charge in [-0.25, -0.2) is 0 Å². The Morgan fingerprint density at radius 1 is 1.47 bits per heavy atom. The van der Waals surface area contributed by atoms with E-state index in [9.17, 15) is 4.79 Å². The van der Waals surface area contributed by atoms with Gasteiger partial charge in [0.1, 0.15) is 11.8 Å². The molecule has 102 valence electrons. The fourth-order valence-corrected chi connectivity index (χ4v) is 2.93. The fraction of sp³-hybridized carbons (Fsp3) is 0.308. The summed E-state index contributed by atoms with van der Waals surface area (Å²) in [7, 11) is 0. The smallest absolute Gasteiger partial charge is 0.217 e. The van der Waals surface area contributed by atoms with Crippen LogP contribution >= 0.6 is 22.9 Å². The number of carbonyl (C=O) groups is 1. The second-order valence-electron chi connectivity index (χ2n) is 4.11. The van der Waals surface area contributed by atoms with Crippen molar-refractivity contribution < 1.29 is 9.21 Å². The summed E-state index contributed by atoms with van der Waals surface area (Å²) < 4.78 is 6.19. The number of furan rings is 1. The molecule has 2 aromatic heterocycles. The molecule has 0 aliphatic carbocycles. The average molecular weight is 299 g/mol. The molecule has 0 saturated carbocycles. The number of hydrogen-bond donors (Lipinski definition) is 2. The Hall–Kier alpha value is -1.30. The van der Waals surface area contributed by atoms with E-state index >= 15 is 0 Å². The number of nitrogens with two attached hydrogens (primary N) is 1. The number of thiophene rings is 1. The van der Waals surface area contributed by atoms with Gasteiger partial charge in [-0.05, 0) is 37.2 Å². The molecule has 2 heterocycles. The lowest BCUT2D eigenvalue weighted by atomic mass is 10.1. The van der Waals surface area contributed by atoms with E-state index in [1.165, 1.54) is 11.3 Å². The minimum Gasteiger partial charge on any atom is -0.467 e. The quantitative estimate of drug-likeness (QED) is 0.772. The maximum Gasteiger partial charge on any atom is 0.217 e. The predicted molar refractivity (Wildman–Crippen MR) is 76.3 cm³/mol. The summed E-state index contributed by atoms with van der Waals surface area (Å²) in [5.74, 6) is 0.549. The third kappa shape index (κ3) is 4.09. The summed E-state index contributed by atoms with van der Waals surface area (Å²) in [6.07, 6.45) is 2.72. The molecule has 0 aromatic carbocycles. The Kier molecular flexibility index (Phi) is 5.01. The number of halogens is 1. The molecular weight excluding hydrogens is 284 g/mol. The van der Waals surface area contributed by atoms with Crippen molar-refractivity contribution in [3.05, 3.63) is 45.5 Å². The molecule has 6 heteroatoms. The van der Waals surface area contributed by atoms with Crippen LogP contribution in [0.2, 0.25) is 4.34 Å². The standard InChI is InChI=1S/C13H15ClN2O2S/c14-11-6-5-10(19-11)13(9-3-2-8-18-9)16-7-1-4-12(15)17/h2-3,5-6,8,13,16H,1,4,7H2,(H2,15,17). The lowest BCUT2D eigenvalue weighted by Crippen LogP contribution is -2.23. The van der Waals surface area contributed by atoms with Crippen LogP contribution in [0, 0.1) is 0 Å². The molecule has 1 atom stereocenters. The molecule has 3 N–H and O–H groups in total. The van der Waals surface area contributed by atoms with E-state index < -0.39 is 0 Å².